The van der Waals surface area contributed by atoms with Gasteiger partial charge in [-0.25, -0.2) is 4.39 Å². The van der Waals surface area contributed by atoms with E-state index in [4.69, 9.17) is 4.74 Å². The lowest BCUT2D eigenvalue weighted by atomic mass is 10.1. The van der Waals surface area contributed by atoms with Crippen LogP contribution in [0.4, 0.5) is 4.39 Å². The summed E-state index contributed by atoms with van der Waals surface area (Å²) in [4.78, 5) is 26.6. The molecular weight excluding hydrogens is 347 g/mol. The third-order valence-corrected chi connectivity index (χ3v) is 4.25. The van der Waals surface area contributed by atoms with Crippen LogP contribution in [0, 0.1) is 12.7 Å². The van der Waals surface area contributed by atoms with Crippen LogP contribution in [0.1, 0.15) is 24.5 Å². The maximum Gasteiger partial charge on any atom is 0.261 e. The molecule has 0 fully saturated rings. The lowest BCUT2D eigenvalue weighted by Gasteiger charge is -2.30. The first kappa shape index (κ1) is 20.4. The molecule has 5 nitrogen and oxygen atoms in total. The first-order valence-electron chi connectivity index (χ1n) is 8.89. The second-order valence-corrected chi connectivity index (χ2v) is 6.29. The second-order valence-electron chi connectivity index (χ2n) is 6.29. The maximum absolute atomic E-state index is 13.2. The van der Waals surface area contributed by atoms with Crippen molar-refractivity contribution in [2.45, 2.75) is 32.9 Å². The highest BCUT2D eigenvalue weighted by Crippen LogP contribution is 2.15. The molecule has 0 spiro atoms. The average molecular weight is 372 g/mol. The summed E-state index contributed by atoms with van der Waals surface area (Å²) in [5.74, 6) is -0.310. The lowest BCUT2D eigenvalue weighted by Crippen LogP contribution is -2.49. The SMILES string of the molecule is CC[C@@H](C(=O)NC)N(Cc1ccc(F)cc1)C(=O)COc1cccc(C)c1. The van der Waals surface area contributed by atoms with Crippen LogP contribution < -0.4 is 10.1 Å². The molecule has 0 aliphatic carbocycles. The smallest absolute Gasteiger partial charge is 0.261 e. The number of amides is 2. The number of rotatable bonds is 8. The van der Waals surface area contributed by atoms with E-state index < -0.39 is 6.04 Å². The predicted octanol–water partition coefficient (Wildman–Crippen LogP) is 3.07. The number of hydrogen-bond donors (Lipinski definition) is 1. The van der Waals surface area contributed by atoms with Gasteiger partial charge in [0.05, 0.1) is 0 Å². The van der Waals surface area contributed by atoms with Crippen LogP contribution >= 0.6 is 0 Å². The van der Waals surface area contributed by atoms with Crippen LogP contribution in [0.15, 0.2) is 48.5 Å². The normalized spacial score (nSPS) is 11.6. The third kappa shape index (κ3) is 5.81. The Morgan fingerprint density at radius 2 is 1.89 bits per heavy atom. The topological polar surface area (TPSA) is 58.6 Å². The summed E-state index contributed by atoms with van der Waals surface area (Å²) >= 11 is 0. The van der Waals surface area contributed by atoms with Gasteiger partial charge >= 0.3 is 0 Å². The average Bonchev–Trinajstić information content (AvgIpc) is 2.67. The summed E-state index contributed by atoms with van der Waals surface area (Å²) in [5, 5.41) is 2.59. The van der Waals surface area contributed by atoms with E-state index >= 15 is 0 Å². The molecule has 0 saturated carbocycles. The molecule has 0 radical (unpaired) electrons. The molecule has 1 atom stereocenters. The Morgan fingerprint density at radius 3 is 2.48 bits per heavy atom. The molecule has 2 amide bonds. The Hall–Kier alpha value is -2.89. The summed E-state index contributed by atoms with van der Waals surface area (Å²) in [6, 6.07) is 12.7. The fraction of sp³-hybridized carbons (Fsp3) is 0.333. The van der Waals surface area contributed by atoms with E-state index in [1.165, 1.54) is 24.1 Å². The van der Waals surface area contributed by atoms with Gasteiger partial charge in [0.15, 0.2) is 6.61 Å². The number of halogens is 1. The van der Waals surface area contributed by atoms with Crippen molar-refractivity contribution in [2.24, 2.45) is 0 Å². The summed E-state index contributed by atoms with van der Waals surface area (Å²) in [5.41, 5.74) is 1.77. The van der Waals surface area contributed by atoms with Gasteiger partial charge in [0.2, 0.25) is 5.91 Å². The third-order valence-electron chi connectivity index (χ3n) is 4.25. The van der Waals surface area contributed by atoms with Crippen LogP contribution in [0.2, 0.25) is 0 Å². The molecule has 6 heteroatoms. The van der Waals surface area contributed by atoms with Crippen LogP contribution in [-0.2, 0) is 16.1 Å². The van der Waals surface area contributed by atoms with Crippen molar-refractivity contribution in [1.82, 2.24) is 10.2 Å². The molecule has 1 N–H and O–H groups in total. The van der Waals surface area contributed by atoms with Gasteiger partial charge < -0.3 is 15.0 Å². The van der Waals surface area contributed by atoms with Gasteiger partial charge in [0.25, 0.3) is 5.91 Å². The number of ether oxygens (including phenoxy) is 1. The molecule has 0 unspecified atom stereocenters. The van der Waals surface area contributed by atoms with Crippen molar-refractivity contribution >= 4 is 11.8 Å². The number of carbonyl (C=O) groups excluding carboxylic acids is 2. The highest BCUT2D eigenvalue weighted by Gasteiger charge is 2.28. The quantitative estimate of drug-likeness (QED) is 0.775. The molecule has 2 aromatic carbocycles. The maximum atomic E-state index is 13.2. The van der Waals surface area contributed by atoms with Gasteiger partial charge in [0.1, 0.15) is 17.6 Å². The zero-order valence-corrected chi connectivity index (χ0v) is 15.9. The number of nitrogens with zero attached hydrogens (tertiary/aromatic N) is 1. The minimum Gasteiger partial charge on any atom is -0.484 e. The van der Waals surface area contributed by atoms with E-state index in [9.17, 15) is 14.0 Å². The molecule has 0 aliphatic rings. The summed E-state index contributed by atoms with van der Waals surface area (Å²) < 4.78 is 18.8. The van der Waals surface area contributed by atoms with E-state index in [2.05, 4.69) is 5.32 Å². The number of nitrogens with one attached hydrogen (secondary N) is 1. The Labute approximate surface area is 159 Å². The molecule has 2 aromatic rings. The summed E-state index contributed by atoms with van der Waals surface area (Å²) in [6.45, 7) is 3.79. The Kier molecular flexibility index (Phi) is 7.34. The zero-order valence-electron chi connectivity index (χ0n) is 15.9. The van der Waals surface area contributed by atoms with Crippen LogP contribution in [0.25, 0.3) is 0 Å². The van der Waals surface area contributed by atoms with Crippen LogP contribution in [0.5, 0.6) is 5.75 Å². The highest BCUT2D eigenvalue weighted by molar-refractivity contribution is 5.88. The Balaban J connectivity index is 2.17. The number of carbonyl (C=O) groups is 2. The molecule has 0 heterocycles. The molecule has 0 saturated heterocycles. The number of hydrogen-bond acceptors (Lipinski definition) is 3. The first-order valence-corrected chi connectivity index (χ1v) is 8.89. The van der Waals surface area contributed by atoms with Gasteiger partial charge in [0, 0.05) is 13.6 Å². The fourth-order valence-electron chi connectivity index (χ4n) is 2.81. The van der Waals surface area contributed by atoms with Gasteiger partial charge in [-0.1, -0.05) is 31.2 Å². The van der Waals surface area contributed by atoms with Crippen molar-refractivity contribution in [3.63, 3.8) is 0 Å². The van der Waals surface area contributed by atoms with Gasteiger partial charge in [-0.15, -0.1) is 0 Å². The molecule has 2 rings (SSSR count). The van der Waals surface area contributed by atoms with E-state index in [-0.39, 0.29) is 30.8 Å². The van der Waals surface area contributed by atoms with Crippen molar-refractivity contribution in [1.29, 1.82) is 0 Å². The number of likely N-dealkylation sites (N-methyl/N-ethyl adjacent to an activating group) is 1. The lowest BCUT2D eigenvalue weighted by molar-refractivity contribution is -0.142. The zero-order chi connectivity index (χ0) is 19.8. The van der Waals surface area contributed by atoms with Crippen LogP contribution in [0.3, 0.4) is 0 Å². The molecule has 0 bridgehead atoms. The Bertz CT molecular complexity index is 777. The highest BCUT2D eigenvalue weighted by atomic mass is 19.1. The molecule has 0 aliphatic heterocycles. The Morgan fingerprint density at radius 1 is 1.19 bits per heavy atom. The molecular formula is C21H25FN2O3. The van der Waals surface area contributed by atoms with Crippen LogP contribution in [-0.4, -0.2) is 36.4 Å². The molecule has 144 valence electrons. The monoisotopic (exact) mass is 372 g/mol. The van der Waals surface area contributed by atoms with Crippen molar-refractivity contribution in [3.8, 4) is 5.75 Å². The minimum absolute atomic E-state index is 0.182. The predicted molar refractivity (Wildman–Crippen MR) is 102 cm³/mol. The first-order chi connectivity index (χ1) is 12.9. The summed E-state index contributed by atoms with van der Waals surface area (Å²) in [7, 11) is 1.54. The second kappa shape index (κ2) is 9.71. The summed E-state index contributed by atoms with van der Waals surface area (Å²) in [6.07, 6.45) is 0.455. The van der Waals surface area contributed by atoms with E-state index in [0.29, 0.717) is 12.2 Å². The van der Waals surface area contributed by atoms with Gasteiger partial charge in [-0.3, -0.25) is 9.59 Å². The van der Waals surface area contributed by atoms with E-state index in [1.807, 2.05) is 32.0 Å². The number of benzene rings is 2. The minimum atomic E-state index is -0.631. The standard InChI is InChI=1S/C21H25FN2O3/c1-4-19(21(26)23-3)24(13-16-8-10-17(22)11-9-16)20(25)14-27-18-7-5-6-15(2)12-18/h5-12,19H,4,13-14H2,1-3H3,(H,23,26)/t19-/m0/s1. The molecule has 27 heavy (non-hydrogen) atoms. The molecule has 0 aromatic heterocycles. The van der Waals surface area contributed by atoms with Gasteiger partial charge in [-0.05, 0) is 48.7 Å². The van der Waals surface area contributed by atoms with Crippen molar-refractivity contribution < 1.29 is 18.7 Å². The van der Waals surface area contributed by atoms with Gasteiger partial charge in [-0.2, -0.15) is 0 Å². The van der Waals surface area contributed by atoms with Crippen molar-refractivity contribution in [2.75, 3.05) is 13.7 Å². The van der Waals surface area contributed by atoms with E-state index in [1.54, 1.807) is 18.2 Å². The van der Waals surface area contributed by atoms with E-state index in [0.717, 1.165) is 11.1 Å². The largest absolute Gasteiger partial charge is 0.484 e. The fourth-order valence-corrected chi connectivity index (χ4v) is 2.81. The number of aryl methyl sites for hydroxylation is 1. The van der Waals surface area contributed by atoms with Crippen molar-refractivity contribution in [3.05, 3.63) is 65.5 Å².